The summed E-state index contributed by atoms with van der Waals surface area (Å²) in [6.45, 7) is 4.23. The first-order valence-corrected chi connectivity index (χ1v) is 11.7. The van der Waals surface area contributed by atoms with Crippen molar-refractivity contribution in [2.75, 3.05) is 13.7 Å². The minimum atomic E-state index is -0.788. The SMILES string of the molecule is CCCOc1ccc(C(=O)Oc2ccc(C=NNC(=O)C(C)Oc3cccc(Cl)c3)cc2OC)cc1. The van der Waals surface area contributed by atoms with E-state index in [0.29, 0.717) is 40.0 Å². The van der Waals surface area contributed by atoms with Gasteiger partial charge < -0.3 is 18.9 Å². The van der Waals surface area contributed by atoms with Crippen LogP contribution in [0.1, 0.15) is 36.2 Å². The number of carbonyl (C=O) groups is 2. The Balaban J connectivity index is 1.57. The quantitative estimate of drug-likeness (QED) is 0.163. The first-order chi connectivity index (χ1) is 17.4. The van der Waals surface area contributed by atoms with Crippen LogP contribution in [0.3, 0.4) is 0 Å². The molecule has 0 saturated carbocycles. The number of halogens is 1. The predicted octanol–water partition coefficient (Wildman–Crippen LogP) is 5.27. The molecule has 0 aliphatic carbocycles. The molecule has 0 aliphatic heterocycles. The average molecular weight is 511 g/mol. The number of hydrazone groups is 1. The Kier molecular flexibility index (Phi) is 9.71. The number of nitrogens with one attached hydrogen (secondary N) is 1. The van der Waals surface area contributed by atoms with Gasteiger partial charge in [0, 0.05) is 5.02 Å². The molecule has 0 heterocycles. The second-order valence-corrected chi connectivity index (χ2v) is 8.06. The smallest absolute Gasteiger partial charge is 0.343 e. The van der Waals surface area contributed by atoms with Crippen LogP contribution in [0.5, 0.6) is 23.0 Å². The molecule has 36 heavy (non-hydrogen) atoms. The van der Waals surface area contributed by atoms with Gasteiger partial charge in [0.05, 0.1) is 25.5 Å². The summed E-state index contributed by atoms with van der Waals surface area (Å²) >= 11 is 5.93. The molecule has 0 bridgehead atoms. The van der Waals surface area contributed by atoms with Crippen LogP contribution in [0.15, 0.2) is 71.8 Å². The molecule has 0 spiro atoms. The molecule has 3 rings (SSSR count). The maximum absolute atomic E-state index is 12.5. The summed E-state index contributed by atoms with van der Waals surface area (Å²) in [4.78, 5) is 24.8. The van der Waals surface area contributed by atoms with Crippen LogP contribution in [0, 0.1) is 0 Å². The number of hydrogen-bond donors (Lipinski definition) is 1. The lowest BCUT2D eigenvalue weighted by molar-refractivity contribution is -0.127. The van der Waals surface area contributed by atoms with Crippen LogP contribution >= 0.6 is 11.6 Å². The molecule has 3 aromatic carbocycles. The van der Waals surface area contributed by atoms with Crippen LogP contribution in [-0.2, 0) is 4.79 Å². The maximum atomic E-state index is 12.5. The number of carbonyl (C=O) groups excluding carboxylic acids is 2. The van der Waals surface area contributed by atoms with Gasteiger partial charge in [-0.15, -0.1) is 0 Å². The molecule has 1 atom stereocenters. The van der Waals surface area contributed by atoms with Gasteiger partial charge in [-0.2, -0.15) is 5.10 Å². The van der Waals surface area contributed by atoms with Crippen molar-refractivity contribution in [3.8, 4) is 23.0 Å². The molecule has 0 saturated heterocycles. The number of benzene rings is 3. The molecule has 0 fully saturated rings. The molecule has 1 amide bonds. The number of esters is 1. The highest BCUT2D eigenvalue weighted by Gasteiger charge is 2.15. The Hall–Kier alpha value is -4.04. The topological polar surface area (TPSA) is 95.5 Å². The largest absolute Gasteiger partial charge is 0.494 e. The van der Waals surface area contributed by atoms with Crippen LogP contribution in [0.4, 0.5) is 0 Å². The summed E-state index contributed by atoms with van der Waals surface area (Å²) in [5, 5.41) is 4.47. The fourth-order valence-electron chi connectivity index (χ4n) is 2.97. The van der Waals surface area contributed by atoms with Crippen LogP contribution in [0.25, 0.3) is 0 Å². The highest BCUT2D eigenvalue weighted by atomic mass is 35.5. The first-order valence-electron chi connectivity index (χ1n) is 11.3. The summed E-state index contributed by atoms with van der Waals surface area (Å²) < 4.78 is 21.9. The Morgan fingerprint density at radius 3 is 2.50 bits per heavy atom. The minimum Gasteiger partial charge on any atom is -0.494 e. The average Bonchev–Trinajstić information content (AvgIpc) is 2.88. The summed E-state index contributed by atoms with van der Waals surface area (Å²) in [6, 6.07) is 18.4. The molecule has 188 valence electrons. The normalized spacial score (nSPS) is 11.6. The zero-order valence-electron chi connectivity index (χ0n) is 20.2. The van der Waals surface area contributed by atoms with Gasteiger partial charge in [-0.05, 0) is 79.6 Å². The predicted molar refractivity (Wildman–Crippen MR) is 137 cm³/mol. The van der Waals surface area contributed by atoms with E-state index < -0.39 is 18.0 Å². The lowest BCUT2D eigenvalue weighted by Crippen LogP contribution is -2.33. The van der Waals surface area contributed by atoms with Crippen molar-refractivity contribution in [1.29, 1.82) is 0 Å². The third-order valence-corrected chi connectivity index (χ3v) is 5.05. The van der Waals surface area contributed by atoms with Gasteiger partial charge in [-0.25, -0.2) is 10.2 Å². The summed E-state index contributed by atoms with van der Waals surface area (Å²) in [7, 11) is 1.46. The number of nitrogens with zero attached hydrogens (tertiary/aromatic N) is 1. The molecule has 1 N–H and O–H groups in total. The number of methoxy groups -OCH3 is 1. The summed E-state index contributed by atoms with van der Waals surface area (Å²) in [5.41, 5.74) is 3.42. The van der Waals surface area contributed by atoms with Crippen LogP contribution < -0.4 is 24.4 Å². The van der Waals surface area contributed by atoms with Crippen molar-refractivity contribution in [1.82, 2.24) is 5.43 Å². The highest BCUT2D eigenvalue weighted by Crippen LogP contribution is 2.28. The molecule has 9 heteroatoms. The van der Waals surface area contributed by atoms with Gasteiger partial charge >= 0.3 is 5.97 Å². The van der Waals surface area contributed by atoms with Crippen molar-refractivity contribution >= 4 is 29.7 Å². The van der Waals surface area contributed by atoms with E-state index in [1.165, 1.54) is 13.3 Å². The second-order valence-electron chi connectivity index (χ2n) is 7.62. The van der Waals surface area contributed by atoms with Crippen molar-refractivity contribution in [3.63, 3.8) is 0 Å². The first kappa shape index (κ1) is 26.6. The van der Waals surface area contributed by atoms with Crippen molar-refractivity contribution < 1.29 is 28.5 Å². The third-order valence-electron chi connectivity index (χ3n) is 4.82. The molecule has 1 unspecified atom stereocenters. The molecule has 0 aliphatic rings. The van der Waals surface area contributed by atoms with E-state index in [1.54, 1.807) is 73.7 Å². The van der Waals surface area contributed by atoms with Gasteiger partial charge in [-0.3, -0.25) is 4.79 Å². The van der Waals surface area contributed by atoms with Crippen LogP contribution in [0.2, 0.25) is 5.02 Å². The molecule has 0 aromatic heterocycles. The van der Waals surface area contributed by atoms with E-state index in [-0.39, 0.29) is 5.75 Å². The van der Waals surface area contributed by atoms with E-state index in [9.17, 15) is 9.59 Å². The maximum Gasteiger partial charge on any atom is 0.343 e. The summed E-state index contributed by atoms with van der Waals surface area (Å²) in [6.07, 6.45) is 1.55. The zero-order valence-corrected chi connectivity index (χ0v) is 21.0. The van der Waals surface area contributed by atoms with Crippen molar-refractivity contribution in [2.24, 2.45) is 5.10 Å². The van der Waals surface area contributed by atoms with Gasteiger partial charge in [0.15, 0.2) is 17.6 Å². The monoisotopic (exact) mass is 510 g/mol. The fraction of sp³-hybridized carbons (Fsp3) is 0.222. The van der Waals surface area contributed by atoms with E-state index in [1.807, 2.05) is 6.92 Å². The van der Waals surface area contributed by atoms with Gasteiger partial charge in [-0.1, -0.05) is 24.6 Å². The van der Waals surface area contributed by atoms with E-state index in [2.05, 4.69) is 10.5 Å². The van der Waals surface area contributed by atoms with Crippen molar-refractivity contribution in [2.45, 2.75) is 26.4 Å². The fourth-order valence-corrected chi connectivity index (χ4v) is 3.15. The van der Waals surface area contributed by atoms with E-state index >= 15 is 0 Å². The Morgan fingerprint density at radius 1 is 1.03 bits per heavy atom. The molecule has 3 aromatic rings. The van der Waals surface area contributed by atoms with E-state index in [4.69, 9.17) is 30.5 Å². The molecular formula is C27H27ClN2O6. The molecule has 0 radical (unpaired) electrons. The molecule has 8 nitrogen and oxygen atoms in total. The van der Waals surface area contributed by atoms with Crippen LogP contribution in [-0.4, -0.2) is 37.9 Å². The number of ether oxygens (including phenoxy) is 4. The standard InChI is InChI=1S/C27H27ClN2O6/c1-4-14-34-22-11-9-20(10-12-22)27(32)36-24-13-8-19(15-25(24)33-3)17-29-30-26(31)18(2)35-23-7-5-6-21(28)16-23/h5-13,15-18H,4,14H2,1-3H3,(H,30,31). The third kappa shape index (κ3) is 7.74. The lowest BCUT2D eigenvalue weighted by Gasteiger charge is -2.13. The molecular weight excluding hydrogens is 484 g/mol. The van der Waals surface area contributed by atoms with Crippen molar-refractivity contribution in [3.05, 3.63) is 82.9 Å². The van der Waals surface area contributed by atoms with Gasteiger partial charge in [0.1, 0.15) is 11.5 Å². The number of rotatable bonds is 11. The number of hydrogen-bond acceptors (Lipinski definition) is 7. The Bertz CT molecular complexity index is 1210. The number of amides is 1. The van der Waals surface area contributed by atoms with E-state index in [0.717, 1.165) is 6.42 Å². The lowest BCUT2D eigenvalue weighted by atomic mass is 10.2. The Labute approximate surface area is 214 Å². The van der Waals surface area contributed by atoms with Gasteiger partial charge in [0.25, 0.3) is 5.91 Å². The summed E-state index contributed by atoms with van der Waals surface area (Å²) in [5.74, 6) is 0.780. The second kappa shape index (κ2) is 13.2. The zero-order chi connectivity index (χ0) is 25.9. The Morgan fingerprint density at radius 2 is 1.81 bits per heavy atom. The highest BCUT2D eigenvalue weighted by molar-refractivity contribution is 6.30. The minimum absolute atomic E-state index is 0.249. The van der Waals surface area contributed by atoms with Gasteiger partial charge in [0.2, 0.25) is 0 Å².